The lowest BCUT2D eigenvalue weighted by molar-refractivity contribution is -0.136. The molecule has 0 radical (unpaired) electrons. The van der Waals surface area contributed by atoms with Crippen LogP contribution in [0.2, 0.25) is 0 Å². The Balaban J connectivity index is -0.000000376. The van der Waals surface area contributed by atoms with Gasteiger partial charge in [-0.25, -0.2) is 0 Å². The van der Waals surface area contributed by atoms with E-state index >= 15 is 0 Å². The number of aliphatic hydroxyl groups is 5. The topological polar surface area (TPSA) is 222 Å². The molecule has 0 saturated carbocycles. The van der Waals surface area contributed by atoms with Crippen molar-refractivity contribution in [1.29, 1.82) is 0 Å². The fourth-order valence-corrected chi connectivity index (χ4v) is 0.618. The summed E-state index contributed by atoms with van der Waals surface area (Å²) in [5.41, 5.74) is 0. The number of aldehydes is 1. The molecule has 10 nitrogen and oxygen atoms in total. The number of rotatable bonds is 5. The molecule has 13 N–H and O–H groups in total. The van der Waals surface area contributed by atoms with E-state index < -0.39 is 31.0 Å². The molecule has 0 heterocycles. The van der Waals surface area contributed by atoms with Crippen molar-refractivity contribution < 1.29 is 30.3 Å². The van der Waals surface area contributed by atoms with Gasteiger partial charge < -0.3 is 30.3 Å². The van der Waals surface area contributed by atoms with E-state index in [1.165, 1.54) is 0 Å². The minimum Gasteiger partial charge on any atom is -0.394 e. The smallest absolute Gasteiger partial charge is 0.151 e. The Hall–Kier alpha value is -0.690. The van der Waals surface area contributed by atoms with E-state index in [1.807, 2.05) is 0 Å². The first kappa shape index (κ1) is 20.7. The molecule has 0 aliphatic carbocycles. The van der Waals surface area contributed by atoms with Gasteiger partial charge in [0.15, 0.2) is 6.29 Å². The maximum atomic E-state index is 9.90. The second-order valence-electron chi connectivity index (χ2n) is 2.36. The van der Waals surface area contributed by atoms with Crippen LogP contribution >= 0.6 is 0 Å². The van der Waals surface area contributed by atoms with Crippen LogP contribution in [0.1, 0.15) is 0 Å². The van der Waals surface area contributed by atoms with Crippen molar-refractivity contribution in [3.63, 3.8) is 0 Å². The van der Waals surface area contributed by atoms with Gasteiger partial charge in [-0.2, -0.15) is 0 Å². The van der Waals surface area contributed by atoms with Gasteiger partial charge in [-0.15, -0.1) is 0 Å². The van der Waals surface area contributed by atoms with Crippen LogP contribution in [0, 0.1) is 0 Å². The lowest BCUT2D eigenvalue weighted by Crippen LogP contribution is -2.46. The third kappa shape index (κ3) is 8.60. The summed E-state index contributed by atoms with van der Waals surface area (Å²) < 4.78 is 0. The minimum absolute atomic E-state index is 0.0258. The Morgan fingerprint density at radius 2 is 1.31 bits per heavy atom. The van der Waals surface area contributed by atoms with Gasteiger partial charge in [0.1, 0.15) is 24.4 Å². The van der Waals surface area contributed by atoms with Gasteiger partial charge in [0.2, 0.25) is 0 Å². The standard InChI is InChI=1S/C6H12O6.2H4N2/c7-1-3(9)5(11)6(12)4(10)2-8;2*1-2/h1,3-6,8-12H,2H2;2*1-2H2/t3-,4+,5+,6+;;/m0../s1. The predicted octanol–water partition coefficient (Wildman–Crippen LogP) is -5.74. The lowest BCUT2D eigenvalue weighted by atomic mass is 10.0. The zero-order valence-corrected chi connectivity index (χ0v) is 8.55. The monoisotopic (exact) mass is 244 g/mol. The van der Waals surface area contributed by atoms with Crippen molar-refractivity contribution in [3.8, 4) is 0 Å². The summed E-state index contributed by atoms with van der Waals surface area (Å²) in [4.78, 5) is 9.90. The third-order valence-electron chi connectivity index (χ3n) is 1.42. The van der Waals surface area contributed by atoms with Gasteiger partial charge in [0.25, 0.3) is 0 Å². The minimum atomic E-state index is -1.79. The molecule has 0 aliphatic rings. The number of carbonyl (C=O) groups excluding carboxylic acids is 1. The number of hydrazine groups is 2. The van der Waals surface area contributed by atoms with Crippen LogP contribution in [0.3, 0.4) is 0 Å². The highest BCUT2D eigenvalue weighted by molar-refractivity contribution is 5.56. The van der Waals surface area contributed by atoms with Crippen LogP contribution < -0.4 is 23.4 Å². The molecular weight excluding hydrogens is 224 g/mol. The number of carbonyl (C=O) groups is 1. The molecule has 0 saturated heterocycles. The van der Waals surface area contributed by atoms with Crippen molar-refractivity contribution >= 4 is 6.29 Å². The van der Waals surface area contributed by atoms with Crippen molar-refractivity contribution in [2.75, 3.05) is 6.61 Å². The van der Waals surface area contributed by atoms with Gasteiger partial charge in [0, 0.05) is 0 Å². The maximum absolute atomic E-state index is 9.90. The first-order valence-electron chi connectivity index (χ1n) is 3.99. The summed E-state index contributed by atoms with van der Waals surface area (Å²) in [5.74, 6) is 16.0. The van der Waals surface area contributed by atoms with Crippen LogP contribution in [0.4, 0.5) is 0 Å². The quantitative estimate of drug-likeness (QED) is 0.126. The number of hydrogen-bond acceptors (Lipinski definition) is 10. The molecule has 10 heteroatoms. The fourth-order valence-electron chi connectivity index (χ4n) is 0.618. The number of nitrogens with two attached hydrogens (primary N) is 4. The van der Waals surface area contributed by atoms with Crippen LogP contribution in [-0.4, -0.2) is 62.8 Å². The largest absolute Gasteiger partial charge is 0.394 e. The van der Waals surface area contributed by atoms with E-state index in [0.717, 1.165) is 0 Å². The van der Waals surface area contributed by atoms with E-state index in [-0.39, 0.29) is 6.29 Å². The summed E-state index contributed by atoms with van der Waals surface area (Å²) >= 11 is 0. The molecular formula is C6H20N4O6. The molecule has 0 aliphatic heterocycles. The number of aliphatic hydroxyl groups excluding tert-OH is 5. The molecule has 16 heavy (non-hydrogen) atoms. The maximum Gasteiger partial charge on any atom is 0.151 e. The highest BCUT2D eigenvalue weighted by Crippen LogP contribution is 2.02. The van der Waals surface area contributed by atoms with Gasteiger partial charge in [0.05, 0.1) is 6.61 Å². The van der Waals surface area contributed by atoms with Gasteiger partial charge in [-0.05, 0) is 0 Å². The van der Waals surface area contributed by atoms with E-state index in [1.54, 1.807) is 0 Å². The summed E-state index contributed by atoms with van der Waals surface area (Å²) in [6, 6.07) is 0. The Labute approximate surface area is 92.0 Å². The van der Waals surface area contributed by atoms with Crippen molar-refractivity contribution in [2.45, 2.75) is 24.4 Å². The first-order valence-corrected chi connectivity index (χ1v) is 3.99. The Morgan fingerprint density at radius 1 is 0.938 bits per heavy atom. The van der Waals surface area contributed by atoms with E-state index in [4.69, 9.17) is 25.5 Å². The van der Waals surface area contributed by atoms with Crippen LogP contribution in [0.25, 0.3) is 0 Å². The van der Waals surface area contributed by atoms with Gasteiger partial charge in [-0.1, -0.05) is 0 Å². The summed E-state index contributed by atoms with van der Waals surface area (Å²) in [6.45, 7) is -0.760. The second-order valence-corrected chi connectivity index (χ2v) is 2.36. The van der Waals surface area contributed by atoms with E-state index in [2.05, 4.69) is 23.4 Å². The highest BCUT2D eigenvalue weighted by Gasteiger charge is 2.29. The lowest BCUT2D eigenvalue weighted by Gasteiger charge is -2.22. The molecule has 0 unspecified atom stereocenters. The molecule has 100 valence electrons. The van der Waals surface area contributed by atoms with Crippen molar-refractivity contribution in [3.05, 3.63) is 0 Å². The second kappa shape index (κ2) is 14.3. The van der Waals surface area contributed by atoms with Crippen LogP contribution in [0.15, 0.2) is 0 Å². The molecule has 0 bridgehead atoms. The Bertz CT molecular complexity index is 151. The van der Waals surface area contributed by atoms with Gasteiger partial charge in [-0.3, -0.25) is 23.4 Å². The fraction of sp³-hybridized carbons (Fsp3) is 0.833. The predicted molar refractivity (Wildman–Crippen MR) is 53.9 cm³/mol. The van der Waals surface area contributed by atoms with E-state index in [0.29, 0.717) is 0 Å². The summed E-state index contributed by atoms with van der Waals surface area (Å²) in [6.07, 6.45) is -6.84. The van der Waals surface area contributed by atoms with E-state index in [9.17, 15) is 4.79 Å². The zero-order valence-electron chi connectivity index (χ0n) is 8.55. The Kier molecular flexibility index (Phi) is 18.5. The molecule has 0 spiro atoms. The van der Waals surface area contributed by atoms with Crippen molar-refractivity contribution in [1.82, 2.24) is 0 Å². The van der Waals surface area contributed by atoms with Crippen molar-refractivity contribution in [2.24, 2.45) is 23.4 Å². The normalized spacial score (nSPS) is 16.6. The Morgan fingerprint density at radius 3 is 1.56 bits per heavy atom. The zero-order chi connectivity index (χ0) is 13.7. The van der Waals surface area contributed by atoms with Gasteiger partial charge >= 0.3 is 0 Å². The average Bonchev–Trinajstić information content (AvgIpc) is 2.39. The third-order valence-corrected chi connectivity index (χ3v) is 1.42. The molecule has 0 fully saturated rings. The van der Waals surface area contributed by atoms with Crippen LogP contribution in [-0.2, 0) is 4.79 Å². The SMILES string of the molecule is NN.NN.O=C[C@H](O)[C@@H](O)[C@H](O)[C@H](O)CO. The molecule has 0 amide bonds. The molecule has 4 atom stereocenters. The number of hydrogen-bond donors (Lipinski definition) is 9. The highest BCUT2D eigenvalue weighted by atomic mass is 16.4. The summed E-state index contributed by atoms with van der Waals surface area (Å²) in [7, 11) is 0. The molecule has 0 aromatic heterocycles. The first-order chi connectivity index (χ1) is 7.54. The van der Waals surface area contributed by atoms with Crippen LogP contribution in [0.5, 0.6) is 0 Å². The average molecular weight is 244 g/mol. The molecule has 0 aromatic rings. The molecule has 0 aromatic carbocycles. The molecule has 0 rings (SSSR count). The summed E-state index contributed by atoms with van der Waals surface area (Å²) in [5, 5.41) is 43.5.